The van der Waals surface area contributed by atoms with Crippen LogP contribution in [-0.4, -0.2) is 36.6 Å². The van der Waals surface area contributed by atoms with Gasteiger partial charge in [0.2, 0.25) is 0 Å². The molecule has 3 rings (SSSR count). The average Bonchev–Trinajstić information content (AvgIpc) is 2.71. The maximum atomic E-state index is 13.0. The molecular formula is C20H21N3O5S. The summed E-state index contributed by atoms with van der Waals surface area (Å²) >= 11 is 0. The number of carbonyl (C=O) groups excluding carboxylic acids is 2. The number of aromatic nitrogens is 1. The highest BCUT2D eigenvalue weighted by atomic mass is 32.2. The molecule has 8 nitrogen and oxygen atoms in total. The number of likely N-dealkylation sites (N-methyl/N-ethyl adjacent to an activating group) is 1. The van der Waals surface area contributed by atoms with E-state index >= 15 is 0 Å². The molecule has 1 aliphatic heterocycles. The van der Waals surface area contributed by atoms with Crippen molar-refractivity contribution in [2.24, 2.45) is 0 Å². The zero-order valence-corrected chi connectivity index (χ0v) is 16.9. The van der Waals surface area contributed by atoms with Crippen LogP contribution < -0.4 is 5.32 Å². The number of carbonyl (C=O) groups is 2. The van der Waals surface area contributed by atoms with E-state index in [0.29, 0.717) is 6.42 Å². The van der Waals surface area contributed by atoms with Gasteiger partial charge < -0.3 is 10.1 Å². The quantitative estimate of drug-likeness (QED) is 0.727. The molecule has 0 unspecified atom stereocenters. The first-order valence-electron chi connectivity index (χ1n) is 9.12. The fraction of sp³-hybridized carbons (Fsp3) is 0.250. The largest absolute Gasteiger partial charge is 0.423 e. The zero-order chi connectivity index (χ0) is 21.0. The Hall–Kier alpha value is -3.20. The number of anilines is 1. The van der Waals surface area contributed by atoms with Crippen molar-refractivity contribution in [1.82, 2.24) is 9.29 Å². The number of pyridine rings is 1. The van der Waals surface area contributed by atoms with E-state index in [-0.39, 0.29) is 34.2 Å². The molecule has 0 aliphatic carbocycles. The van der Waals surface area contributed by atoms with E-state index in [2.05, 4.69) is 10.3 Å². The van der Waals surface area contributed by atoms with Crippen LogP contribution in [0.2, 0.25) is 0 Å². The van der Waals surface area contributed by atoms with Crippen LogP contribution in [0.5, 0.6) is 0 Å². The van der Waals surface area contributed by atoms with Gasteiger partial charge in [-0.25, -0.2) is 13.4 Å². The minimum Gasteiger partial charge on any atom is -0.423 e. The summed E-state index contributed by atoms with van der Waals surface area (Å²) in [7, 11) is -2.74. The molecule has 152 valence electrons. The van der Waals surface area contributed by atoms with Crippen LogP contribution in [0, 0.1) is 0 Å². The Morgan fingerprint density at radius 3 is 2.55 bits per heavy atom. The first-order chi connectivity index (χ1) is 13.9. The molecule has 0 saturated heterocycles. The molecule has 0 radical (unpaired) electrons. The normalized spacial score (nSPS) is 14.9. The summed E-state index contributed by atoms with van der Waals surface area (Å²) in [5.41, 5.74) is -0.110. The topological polar surface area (TPSA) is 106 Å². The highest BCUT2D eigenvalue weighted by Crippen LogP contribution is 2.37. The van der Waals surface area contributed by atoms with E-state index < -0.39 is 21.9 Å². The molecule has 2 aromatic rings. The van der Waals surface area contributed by atoms with E-state index in [4.69, 9.17) is 4.74 Å². The van der Waals surface area contributed by atoms with Crippen molar-refractivity contribution in [3.63, 3.8) is 0 Å². The zero-order valence-electron chi connectivity index (χ0n) is 16.1. The van der Waals surface area contributed by atoms with Gasteiger partial charge >= 0.3 is 5.97 Å². The van der Waals surface area contributed by atoms with Crippen LogP contribution in [0.3, 0.4) is 0 Å². The van der Waals surface area contributed by atoms with E-state index in [9.17, 15) is 18.0 Å². The molecule has 0 atom stereocenters. The second-order valence-corrected chi connectivity index (χ2v) is 8.33. The number of sulfonamides is 1. The van der Waals surface area contributed by atoms with Crippen LogP contribution >= 0.6 is 0 Å². The molecule has 0 spiro atoms. The lowest BCUT2D eigenvalue weighted by Gasteiger charge is -2.30. The highest BCUT2D eigenvalue weighted by Gasteiger charge is 2.39. The SMILES string of the molecule is CCCCC(=O)OC1=C(C(=O)Nc2ccccn2)N(C)S(=O)(=O)c2ccccc21. The highest BCUT2D eigenvalue weighted by molar-refractivity contribution is 7.89. The van der Waals surface area contributed by atoms with Gasteiger partial charge in [0.1, 0.15) is 5.82 Å². The number of hydrogen-bond donors (Lipinski definition) is 1. The third-order valence-electron chi connectivity index (χ3n) is 4.37. The number of hydrogen-bond acceptors (Lipinski definition) is 6. The average molecular weight is 415 g/mol. The number of amides is 1. The van der Waals surface area contributed by atoms with Crippen molar-refractivity contribution >= 4 is 33.5 Å². The van der Waals surface area contributed by atoms with Crippen molar-refractivity contribution in [1.29, 1.82) is 0 Å². The summed E-state index contributed by atoms with van der Waals surface area (Å²) in [5.74, 6) is -1.13. The predicted octanol–water partition coefficient (Wildman–Crippen LogP) is 2.76. The van der Waals surface area contributed by atoms with Crippen LogP contribution in [0.1, 0.15) is 31.7 Å². The molecule has 1 aliphatic rings. The van der Waals surface area contributed by atoms with Gasteiger partial charge in [-0.3, -0.25) is 13.9 Å². The van der Waals surface area contributed by atoms with Gasteiger partial charge in [0.15, 0.2) is 11.5 Å². The number of ether oxygens (including phenoxy) is 1. The number of benzene rings is 1. The summed E-state index contributed by atoms with van der Waals surface area (Å²) in [6.45, 7) is 1.94. The molecular weight excluding hydrogens is 394 g/mol. The van der Waals surface area contributed by atoms with Crippen molar-refractivity contribution < 1.29 is 22.7 Å². The Morgan fingerprint density at radius 1 is 1.14 bits per heavy atom. The Morgan fingerprint density at radius 2 is 1.86 bits per heavy atom. The Kier molecular flexibility index (Phi) is 5.97. The summed E-state index contributed by atoms with van der Waals surface area (Å²) in [6.07, 6.45) is 3.07. The van der Waals surface area contributed by atoms with E-state index in [1.54, 1.807) is 30.3 Å². The van der Waals surface area contributed by atoms with Crippen LogP contribution in [0.4, 0.5) is 5.82 Å². The third-order valence-corrected chi connectivity index (χ3v) is 6.19. The fourth-order valence-electron chi connectivity index (χ4n) is 2.87. The number of nitrogens with zero attached hydrogens (tertiary/aromatic N) is 2. The fourth-order valence-corrected chi connectivity index (χ4v) is 4.26. The maximum Gasteiger partial charge on any atom is 0.311 e. The van der Waals surface area contributed by atoms with Crippen molar-refractivity contribution in [2.75, 3.05) is 12.4 Å². The molecule has 0 bridgehead atoms. The summed E-state index contributed by atoms with van der Waals surface area (Å²) in [4.78, 5) is 29.3. The summed E-state index contributed by atoms with van der Waals surface area (Å²) in [5, 5.41) is 2.55. The molecule has 9 heteroatoms. The predicted molar refractivity (Wildman–Crippen MR) is 107 cm³/mol. The van der Waals surface area contributed by atoms with Gasteiger partial charge in [-0.2, -0.15) is 0 Å². The monoisotopic (exact) mass is 415 g/mol. The maximum absolute atomic E-state index is 13.0. The second kappa shape index (κ2) is 8.44. The molecule has 1 aromatic heterocycles. The van der Waals surface area contributed by atoms with Gasteiger partial charge in [-0.1, -0.05) is 31.5 Å². The summed E-state index contributed by atoms with van der Waals surface area (Å²) in [6, 6.07) is 11.0. The molecule has 0 saturated carbocycles. The number of esters is 1. The third kappa shape index (κ3) is 4.14. The van der Waals surface area contributed by atoms with E-state index in [0.717, 1.165) is 10.7 Å². The molecule has 1 aromatic carbocycles. The molecule has 1 N–H and O–H groups in total. The van der Waals surface area contributed by atoms with Gasteiger partial charge in [0.05, 0.1) is 4.90 Å². The lowest BCUT2D eigenvalue weighted by molar-refractivity contribution is -0.136. The minimum absolute atomic E-state index is 0.0322. The van der Waals surface area contributed by atoms with Crippen molar-refractivity contribution in [3.05, 3.63) is 59.9 Å². The molecule has 1 amide bonds. The van der Waals surface area contributed by atoms with Gasteiger partial charge in [-0.15, -0.1) is 0 Å². The van der Waals surface area contributed by atoms with Crippen molar-refractivity contribution in [3.8, 4) is 0 Å². The minimum atomic E-state index is -3.99. The summed E-state index contributed by atoms with van der Waals surface area (Å²) < 4.78 is 32.2. The van der Waals surface area contributed by atoms with E-state index in [1.807, 2.05) is 6.92 Å². The number of rotatable bonds is 6. The van der Waals surface area contributed by atoms with Crippen LogP contribution in [0.15, 0.2) is 59.3 Å². The molecule has 29 heavy (non-hydrogen) atoms. The Labute approximate surface area is 169 Å². The lowest BCUT2D eigenvalue weighted by Crippen LogP contribution is -2.38. The lowest BCUT2D eigenvalue weighted by atomic mass is 10.1. The first-order valence-corrected chi connectivity index (χ1v) is 10.6. The second-order valence-electron chi connectivity index (χ2n) is 6.39. The van der Waals surface area contributed by atoms with Gasteiger partial charge in [0, 0.05) is 25.2 Å². The Bertz CT molecular complexity index is 1060. The van der Waals surface area contributed by atoms with Gasteiger partial charge in [-0.05, 0) is 30.7 Å². The van der Waals surface area contributed by atoms with Crippen LogP contribution in [-0.2, 0) is 24.3 Å². The number of unbranched alkanes of at least 4 members (excludes halogenated alkanes) is 1. The first kappa shape index (κ1) is 20.5. The van der Waals surface area contributed by atoms with Crippen molar-refractivity contribution in [2.45, 2.75) is 31.1 Å². The van der Waals surface area contributed by atoms with Gasteiger partial charge in [0.25, 0.3) is 15.9 Å². The standard InChI is InChI=1S/C20H21N3O5S/c1-3-4-12-17(24)28-19-14-9-5-6-10-15(14)29(26,27)23(2)18(19)20(25)22-16-11-7-8-13-21-16/h5-11,13H,3-4,12H2,1-2H3,(H,21,22,25). The number of fused-ring (bicyclic) bond motifs is 1. The van der Waals surface area contributed by atoms with E-state index in [1.165, 1.54) is 25.4 Å². The molecule has 0 fully saturated rings. The Balaban J connectivity index is 2.11. The van der Waals surface area contributed by atoms with Crippen LogP contribution in [0.25, 0.3) is 5.76 Å². The number of nitrogens with one attached hydrogen (secondary N) is 1. The molecule has 2 heterocycles. The smallest absolute Gasteiger partial charge is 0.311 e.